The van der Waals surface area contributed by atoms with Gasteiger partial charge in [0.1, 0.15) is 0 Å². The Labute approximate surface area is 161 Å². The number of methoxy groups -OCH3 is 1. The Morgan fingerprint density at radius 2 is 1.96 bits per heavy atom. The quantitative estimate of drug-likeness (QED) is 0.772. The van der Waals surface area contributed by atoms with E-state index < -0.39 is 0 Å². The molecule has 0 unspecified atom stereocenters. The van der Waals surface area contributed by atoms with Gasteiger partial charge in [-0.3, -0.25) is 4.90 Å². The standard InChI is InChI=1S/C22H28N2O3/c1-16-6-8-19(22(23-16)25-2)14-24-12-10-17(11-13-24)7-9-18-4-3-5-20-21(18)27-15-26-20/h3-6,8,17H,7,9-15H2,1-2H3. The fourth-order valence-corrected chi connectivity index (χ4v) is 4.08. The van der Waals surface area contributed by atoms with E-state index in [2.05, 4.69) is 34.1 Å². The monoisotopic (exact) mass is 368 g/mol. The predicted molar refractivity (Wildman–Crippen MR) is 104 cm³/mol. The molecule has 0 aliphatic carbocycles. The summed E-state index contributed by atoms with van der Waals surface area (Å²) < 4.78 is 16.6. The van der Waals surface area contributed by atoms with Gasteiger partial charge in [0.15, 0.2) is 11.5 Å². The largest absolute Gasteiger partial charge is 0.481 e. The highest BCUT2D eigenvalue weighted by Gasteiger charge is 2.22. The molecule has 2 aliphatic rings. The molecule has 1 fully saturated rings. The van der Waals surface area contributed by atoms with E-state index in [1.807, 2.05) is 13.0 Å². The van der Waals surface area contributed by atoms with Gasteiger partial charge in [-0.25, -0.2) is 4.98 Å². The maximum atomic E-state index is 5.63. The fourth-order valence-electron chi connectivity index (χ4n) is 4.08. The van der Waals surface area contributed by atoms with E-state index in [-0.39, 0.29) is 0 Å². The molecule has 0 bridgehead atoms. The molecule has 1 saturated heterocycles. The van der Waals surface area contributed by atoms with E-state index in [4.69, 9.17) is 14.2 Å². The number of benzene rings is 1. The second kappa shape index (κ2) is 8.17. The Bertz CT molecular complexity index is 785. The summed E-state index contributed by atoms with van der Waals surface area (Å²) in [6.07, 6.45) is 4.76. The normalized spacial score (nSPS) is 17.3. The van der Waals surface area contributed by atoms with Crippen molar-refractivity contribution in [3.63, 3.8) is 0 Å². The van der Waals surface area contributed by atoms with Gasteiger partial charge in [0.2, 0.25) is 12.7 Å². The number of hydrogen-bond acceptors (Lipinski definition) is 5. The fraction of sp³-hybridized carbons (Fsp3) is 0.500. The average Bonchev–Trinajstić information content (AvgIpc) is 3.18. The second-order valence-corrected chi connectivity index (χ2v) is 7.53. The van der Waals surface area contributed by atoms with E-state index >= 15 is 0 Å². The van der Waals surface area contributed by atoms with E-state index in [1.54, 1.807) is 7.11 Å². The van der Waals surface area contributed by atoms with Crippen LogP contribution in [0.25, 0.3) is 0 Å². The molecule has 0 spiro atoms. The lowest BCUT2D eigenvalue weighted by Gasteiger charge is -2.32. The number of rotatable bonds is 6. The van der Waals surface area contributed by atoms with Crippen LogP contribution in [0.3, 0.4) is 0 Å². The summed E-state index contributed by atoms with van der Waals surface area (Å²) in [5, 5.41) is 0. The number of aryl methyl sites for hydroxylation is 2. The molecule has 5 nitrogen and oxygen atoms in total. The van der Waals surface area contributed by atoms with Crippen LogP contribution in [0, 0.1) is 12.8 Å². The highest BCUT2D eigenvalue weighted by molar-refractivity contribution is 5.48. The van der Waals surface area contributed by atoms with Crippen molar-refractivity contribution < 1.29 is 14.2 Å². The SMILES string of the molecule is COc1nc(C)ccc1CN1CCC(CCc2cccc3c2OCO3)CC1. The summed E-state index contributed by atoms with van der Waals surface area (Å²) in [7, 11) is 1.70. The predicted octanol–water partition coefficient (Wildman–Crippen LogP) is 3.97. The lowest BCUT2D eigenvalue weighted by atomic mass is 9.90. The van der Waals surface area contributed by atoms with Crippen molar-refractivity contribution in [2.24, 2.45) is 5.92 Å². The molecule has 0 amide bonds. The minimum atomic E-state index is 0.349. The first-order valence-electron chi connectivity index (χ1n) is 9.83. The molecule has 0 radical (unpaired) electrons. The Balaban J connectivity index is 1.28. The number of aromatic nitrogens is 1. The lowest BCUT2D eigenvalue weighted by molar-refractivity contribution is 0.168. The van der Waals surface area contributed by atoms with Gasteiger partial charge in [-0.1, -0.05) is 18.2 Å². The van der Waals surface area contributed by atoms with Crippen LogP contribution in [0.4, 0.5) is 0 Å². The molecule has 1 aromatic carbocycles. The molecule has 3 heterocycles. The van der Waals surface area contributed by atoms with Gasteiger partial charge in [0, 0.05) is 17.8 Å². The van der Waals surface area contributed by atoms with Crippen LogP contribution in [0.1, 0.15) is 36.1 Å². The number of piperidine rings is 1. The van der Waals surface area contributed by atoms with E-state index in [9.17, 15) is 0 Å². The third-order valence-corrected chi connectivity index (χ3v) is 5.67. The average molecular weight is 368 g/mol. The minimum Gasteiger partial charge on any atom is -0.481 e. The molecule has 5 heteroatoms. The van der Waals surface area contributed by atoms with Gasteiger partial charge in [0.25, 0.3) is 0 Å². The van der Waals surface area contributed by atoms with Gasteiger partial charge >= 0.3 is 0 Å². The molecule has 0 saturated carbocycles. The summed E-state index contributed by atoms with van der Waals surface area (Å²) >= 11 is 0. The summed E-state index contributed by atoms with van der Waals surface area (Å²) in [5.74, 6) is 3.38. The summed E-state index contributed by atoms with van der Waals surface area (Å²) in [4.78, 5) is 7.01. The summed E-state index contributed by atoms with van der Waals surface area (Å²) in [6, 6.07) is 10.4. The molecular formula is C22H28N2O3. The van der Waals surface area contributed by atoms with Crippen LogP contribution in [0.2, 0.25) is 0 Å². The number of hydrogen-bond donors (Lipinski definition) is 0. The molecule has 144 valence electrons. The third kappa shape index (κ3) is 4.19. The van der Waals surface area contributed by atoms with Gasteiger partial charge in [0.05, 0.1) is 7.11 Å². The minimum absolute atomic E-state index is 0.349. The summed E-state index contributed by atoms with van der Waals surface area (Å²) in [6.45, 7) is 5.53. The maximum absolute atomic E-state index is 5.63. The van der Waals surface area contributed by atoms with E-state index in [0.29, 0.717) is 6.79 Å². The zero-order valence-electron chi connectivity index (χ0n) is 16.2. The number of nitrogens with zero attached hydrogens (tertiary/aromatic N) is 2. The van der Waals surface area contributed by atoms with E-state index in [1.165, 1.54) is 30.4 Å². The van der Waals surface area contributed by atoms with Crippen molar-refractivity contribution in [3.05, 3.63) is 47.2 Å². The van der Waals surface area contributed by atoms with Crippen molar-refractivity contribution in [2.75, 3.05) is 27.0 Å². The zero-order chi connectivity index (χ0) is 18.6. The Morgan fingerprint density at radius 3 is 2.78 bits per heavy atom. The number of fused-ring (bicyclic) bond motifs is 1. The first-order valence-corrected chi connectivity index (χ1v) is 9.83. The summed E-state index contributed by atoms with van der Waals surface area (Å²) in [5.41, 5.74) is 3.46. The Morgan fingerprint density at radius 1 is 1.11 bits per heavy atom. The van der Waals surface area contributed by atoms with Crippen LogP contribution in [0.5, 0.6) is 17.4 Å². The van der Waals surface area contributed by atoms with Gasteiger partial charge in [-0.15, -0.1) is 0 Å². The molecule has 4 rings (SSSR count). The van der Waals surface area contributed by atoms with Crippen molar-refractivity contribution in [3.8, 4) is 17.4 Å². The topological polar surface area (TPSA) is 43.8 Å². The smallest absolute Gasteiger partial charge is 0.231 e. The van der Waals surface area contributed by atoms with Gasteiger partial charge in [-0.2, -0.15) is 0 Å². The molecule has 1 aromatic heterocycles. The van der Waals surface area contributed by atoms with Crippen LogP contribution in [0.15, 0.2) is 30.3 Å². The third-order valence-electron chi connectivity index (χ3n) is 5.67. The van der Waals surface area contributed by atoms with Crippen molar-refractivity contribution in [1.29, 1.82) is 0 Å². The van der Waals surface area contributed by atoms with Crippen LogP contribution >= 0.6 is 0 Å². The Kier molecular flexibility index (Phi) is 5.48. The highest BCUT2D eigenvalue weighted by atomic mass is 16.7. The first kappa shape index (κ1) is 18.1. The van der Waals surface area contributed by atoms with Gasteiger partial charge in [-0.05, 0) is 69.3 Å². The zero-order valence-corrected chi connectivity index (χ0v) is 16.2. The maximum Gasteiger partial charge on any atom is 0.231 e. The molecule has 27 heavy (non-hydrogen) atoms. The molecule has 2 aromatic rings. The van der Waals surface area contributed by atoms with Gasteiger partial charge < -0.3 is 14.2 Å². The Hall–Kier alpha value is -2.27. The first-order chi connectivity index (χ1) is 13.2. The van der Waals surface area contributed by atoms with Crippen LogP contribution in [-0.4, -0.2) is 36.9 Å². The molecular weight excluding hydrogens is 340 g/mol. The van der Waals surface area contributed by atoms with Crippen LogP contribution in [-0.2, 0) is 13.0 Å². The number of para-hydroxylation sites is 1. The lowest BCUT2D eigenvalue weighted by Crippen LogP contribution is -2.33. The van der Waals surface area contributed by atoms with Crippen LogP contribution < -0.4 is 14.2 Å². The second-order valence-electron chi connectivity index (χ2n) is 7.53. The van der Waals surface area contributed by atoms with Crippen molar-refractivity contribution in [2.45, 2.75) is 39.2 Å². The van der Waals surface area contributed by atoms with E-state index in [0.717, 1.165) is 55.0 Å². The molecule has 2 aliphatic heterocycles. The van der Waals surface area contributed by atoms with Crippen molar-refractivity contribution in [1.82, 2.24) is 9.88 Å². The number of likely N-dealkylation sites (tertiary alicyclic amines) is 1. The number of pyridine rings is 1. The van der Waals surface area contributed by atoms with Crippen molar-refractivity contribution >= 4 is 0 Å². The molecule has 0 atom stereocenters. The number of ether oxygens (including phenoxy) is 3. The molecule has 0 N–H and O–H groups in total. The highest BCUT2D eigenvalue weighted by Crippen LogP contribution is 2.37.